The number of aromatic nitrogens is 1. The first-order chi connectivity index (χ1) is 7.54. The van der Waals surface area contributed by atoms with Gasteiger partial charge in [-0.05, 0) is 6.07 Å². The number of carbonyl (C=O) groups is 2. The molecule has 1 amide bonds. The van der Waals surface area contributed by atoms with Crippen LogP contribution in [0.1, 0.15) is 10.5 Å². The first-order valence-corrected chi connectivity index (χ1v) is 4.80. The minimum atomic E-state index is -1.13. The summed E-state index contributed by atoms with van der Waals surface area (Å²) < 4.78 is 4.65. The predicted octanol–water partition coefficient (Wildman–Crippen LogP) is 0.498. The summed E-state index contributed by atoms with van der Waals surface area (Å²) in [5.74, 6) is -1.57. The van der Waals surface area contributed by atoms with Crippen molar-refractivity contribution in [1.82, 2.24) is 10.3 Å². The van der Waals surface area contributed by atoms with Gasteiger partial charge in [-0.3, -0.25) is 4.79 Å². The Hall–Kier alpha value is -1.53. The van der Waals surface area contributed by atoms with E-state index in [-0.39, 0.29) is 12.2 Å². The lowest BCUT2D eigenvalue weighted by Crippen LogP contribution is -2.37. The molecule has 0 radical (unpaired) electrons. The number of H-pyrrole nitrogens is 1. The molecule has 7 heteroatoms. The second-order valence-electron chi connectivity index (χ2n) is 3.00. The van der Waals surface area contributed by atoms with Crippen LogP contribution >= 0.6 is 11.6 Å². The minimum Gasteiger partial charge on any atom is -0.479 e. The van der Waals surface area contributed by atoms with Crippen LogP contribution in [-0.4, -0.2) is 41.7 Å². The Morgan fingerprint density at radius 1 is 1.69 bits per heavy atom. The fraction of sp³-hybridized carbons (Fsp3) is 0.333. The second kappa shape index (κ2) is 5.53. The Morgan fingerprint density at radius 2 is 2.38 bits per heavy atom. The quantitative estimate of drug-likeness (QED) is 0.705. The van der Waals surface area contributed by atoms with Gasteiger partial charge in [-0.15, -0.1) is 0 Å². The summed E-state index contributed by atoms with van der Waals surface area (Å²) >= 11 is 5.61. The third-order valence-corrected chi connectivity index (χ3v) is 2.12. The van der Waals surface area contributed by atoms with Crippen molar-refractivity contribution >= 4 is 23.5 Å². The molecular weight excluding hydrogens is 236 g/mol. The third-order valence-electron chi connectivity index (χ3n) is 1.90. The number of hydrogen-bond donors (Lipinski definition) is 3. The molecule has 1 rings (SSSR count). The number of halogens is 1. The van der Waals surface area contributed by atoms with Crippen LogP contribution in [0, 0.1) is 0 Å². The number of methoxy groups -OCH3 is 1. The Balaban J connectivity index is 2.49. The van der Waals surface area contributed by atoms with E-state index >= 15 is 0 Å². The predicted molar refractivity (Wildman–Crippen MR) is 56.6 cm³/mol. The summed E-state index contributed by atoms with van der Waals surface area (Å²) in [6.07, 6.45) is 0.399. The number of carboxylic acid groups (broad SMARTS) is 1. The summed E-state index contributed by atoms with van der Waals surface area (Å²) in [5, 5.41) is 11.5. The molecule has 0 bridgehead atoms. The maximum Gasteiger partial charge on any atom is 0.334 e. The number of nitrogens with one attached hydrogen (secondary N) is 2. The van der Waals surface area contributed by atoms with Crippen molar-refractivity contribution < 1.29 is 19.4 Å². The summed E-state index contributed by atoms with van der Waals surface area (Å²) in [7, 11) is 1.26. The average molecular weight is 247 g/mol. The maximum atomic E-state index is 11.5. The van der Waals surface area contributed by atoms with Gasteiger partial charge in [-0.25, -0.2) is 4.79 Å². The molecule has 0 aromatic carbocycles. The van der Waals surface area contributed by atoms with Crippen LogP contribution in [0.5, 0.6) is 0 Å². The van der Waals surface area contributed by atoms with Gasteiger partial charge in [0.25, 0.3) is 5.91 Å². The topological polar surface area (TPSA) is 91.4 Å². The molecule has 16 heavy (non-hydrogen) atoms. The van der Waals surface area contributed by atoms with Crippen molar-refractivity contribution in [3.05, 3.63) is 23.0 Å². The van der Waals surface area contributed by atoms with Crippen LogP contribution < -0.4 is 5.32 Å². The van der Waals surface area contributed by atoms with E-state index in [4.69, 9.17) is 16.7 Å². The number of aliphatic carboxylic acids is 1. The van der Waals surface area contributed by atoms with Crippen LogP contribution in [0.15, 0.2) is 12.3 Å². The standard InChI is InChI=1S/C9H11ClN2O4/c1-16-7(9(14)15)4-12-8(13)6-2-5(10)3-11-6/h2-3,7,11H,4H2,1H3,(H,12,13)(H,14,15). The van der Waals surface area contributed by atoms with Gasteiger partial charge in [0.15, 0.2) is 6.10 Å². The summed E-state index contributed by atoms with van der Waals surface area (Å²) in [5.41, 5.74) is 0.269. The van der Waals surface area contributed by atoms with Gasteiger partial charge in [0.1, 0.15) is 5.69 Å². The van der Waals surface area contributed by atoms with E-state index in [0.29, 0.717) is 5.02 Å². The fourth-order valence-electron chi connectivity index (χ4n) is 1.05. The Labute approximate surface area is 96.5 Å². The van der Waals surface area contributed by atoms with Crippen LogP contribution in [0.25, 0.3) is 0 Å². The highest BCUT2D eigenvalue weighted by Crippen LogP contribution is 2.08. The van der Waals surface area contributed by atoms with Gasteiger partial charge >= 0.3 is 5.97 Å². The number of carboxylic acids is 1. The number of rotatable bonds is 5. The fourth-order valence-corrected chi connectivity index (χ4v) is 1.21. The van der Waals surface area contributed by atoms with E-state index in [1.54, 1.807) is 0 Å². The number of hydrogen-bond acceptors (Lipinski definition) is 3. The summed E-state index contributed by atoms with van der Waals surface area (Å²) in [6.45, 7) is -0.110. The SMILES string of the molecule is COC(CNC(=O)c1cc(Cl)c[nH]1)C(=O)O. The lowest BCUT2D eigenvalue weighted by Gasteiger charge is -2.10. The van der Waals surface area contributed by atoms with Gasteiger partial charge in [0.05, 0.1) is 11.6 Å². The number of aromatic amines is 1. The molecule has 88 valence electrons. The van der Waals surface area contributed by atoms with Gasteiger partial charge in [0, 0.05) is 13.3 Å². The Morgan fingerprint density at radius 3 is 2.81 bits per heavy atom. The minimum absolute atomic E-state index is 0.110. The molecule has 1 heterocycles. The van der Waals surface area contributed by atoms with Crippen LogP contribution in [0.3, 0.4) is 0 Å². The van der Waals surface area contributed by atoms with Crippen molar-refractivity contribution in [2.45, 2.75) is 6.10 Å². The maximum absolute atomic E-state index is 11.5. The van der Waals surface area contributed by atoms with Crippen LogP contribution in [0.2, 0.25) is 5.02 Å². The normalized spacial score (nSPS) is 12.1. The van der Waals surface area contributed by atoms with Gasteiger partial charge in [-0.1, -0.05) is 11.6 Å². The highest BCUT2D eigenvalue weighted by atomic mass is 35.5. The molecule has 1 atom stereocenters. The second-order valence-corrected chi connectivity index (χ2v) is 3.44. The molecule has 0 aliphatic rings. The van der Waals surface area contributed by atoms with E-state index < -0.39 is 18.0 Å². The largest absolute Gasteiger partial charge is 0.479 e. The van der Waals surface area contributed by atoms with E-state index in [1.807, 2.05) is 0 Å². The monoisotopic (exact) mass is 246 g/mol. The van der Waals surface area contributed by atoms with Gasteiger partial charge < -0.3 is 20.1 Å². The van der Waals surface area contributed by atoms with Gasteiger partial charge in [-0.2, -0.15) is 0 Å². The molecule has 1 aromatic rings. The molecule has 0 spiro atoms. The molecule has 3 N–H and O–H groups in total. The van der Waals surface area contributed by atoms with E-state index in [0.717, 1.165) is 0 Å². The molecule has 0 aliphatic carbocycles. The third kappa shape index (κ3) is 3.25. The van der Waals surface area contributed by atoms with Crippen molar-refractivity contribution in [3.63, 3.8) is 0 Å². The van der Waals surface area contributed by atoms with Crippen molar-refractivity contribution in [1.29, 1.82) is 0 Å². The first-order valence-electron chi connectivity index (χ1n) is 4.42. The highest BCUT2D eigenvalue weighted by molar-refractivity contribution is 6.30. The first kappa shape index (κ1) is 12.5. The lowest BCUT2D eigenvalue weighted by atomic mass is 10.3. The van der Waals surface area contributed by atoms with Gasteiger partial charge in [0.2, 0.25) is 0 Å². The van der Waals surface area contributed by atoms with Crippen molar-refractivity contribution in [3.8, 4) is 0 Å². The Kier molecular flexibility index (Phi) is 4.33. The molecule has 1 unspecified atom stereocenters. The summed E-state index contributed by atoms with van der Waals surface area (Å²) in [4.78, 5) is 24.7. The molecule has 0 saturated carbocycles. The van der Waals surface area contributed by atoms with E-state index in [9.17, 15) is 9.59 Å². The van der Waals surface area contributed by atoms with Crippen molar-refractivity contribution in [2.75, 3.05) is 13.7 Å². The highest BCUT2D eigenvalue weighted by Gasteiger charge is 2.18. The van der Waals surface area contributed by atoms with Crippen molar-refractivity contribution in [2.24, 2.45) is 0 Å². The molecule has 0 fully saturated rings. The van der Waals surface area contributed by atoms with Crippen LogP contribution in [-0.2, 0) is 9.53 Å². The zero-order valence-corrected chi connectivity index (χ0v) is 9.25. The van der Waals surface area contributed by atoms with E-state index in [2.05, 4.69) is 15.0 Å². The molecule has 0 saturated heterocycles. The lowest BCUT2D eigenvalue weighted by molar-refractivity contribution is -0.148. The van der Waals surface area contributed by atoms with E-state index in [1.165, 1.54) is 19.4 Å². The number of amides is 1. The molecule has 6 nitrogen and oxygen atoms in total. The average Bonchev–Trinajstić information content (AvgIpc) is 2.65. The van der Waals surface area contributed by atoms with Crippen LogP contribution in [0.4, 0.5) is 0 Å². The number of ether oxygens (including phenoxy) is 1. The molecule has 1 aromatic heterocycles. The molecular formula is C9H11ClN2O4. The zero-order valence-electron chi connectivity index (χ0n) is 8.49. The zero-order chi connectivity index (χ0) is 12.1. The Bertz CT molecular complexity index is 391. The smallest absolute Gasteiger partial charge is 0.334 e. The number of carbonyl (C=O) groups excluding carboxylic acids is 1. The summed E-state index contributed by atoms with van der Waals surface area (Å²) in [6, 6.07) is 1.44. The molecule has 0 aliphatic heterocycles.